The van der Waals surface area contributed by atoms with Crippen LogP contribution in [0.2, 0.25) is 0 Å². The van der Waals surface area contributed by atoms with E-state index in [2.05, 4.69) is 15.0 Å². The van der Waals surface area contributed by atoms with Crippen LogP contribution in [0.15, 0.2) is 60.0 Å². The van der Waals surface area contributed by atoms with Gasteiger partial charge in [-0.15, -0.1) is 0 Å². The van der Waals surface area contributed by atoms with Crippen molar-refractivity contribution in [2.45, 2.75) is 5.54 Å². The highest BCUT2D eigenvalue weighted by molar-refractivity contribution is 5.78. The highest BCUT2D eigenvalue weighted by atomic mass is 16.5. The summed E-state index contributed by atoms with van der Waals surface area (Å²) in [6.45, 7) is 0.280. The minimum Gasteiger partial charge on any atom is -0.462 e. The minimum atomic E-state index is -0.803. The first-order valence-corrected chi connectivity index (χ1v) is 8.13. The molecular formula is C19H15N5O2. The lowest BCUT2D eigenvalue weighted by atomic mass is 9.81. The summed E-state index contributed by atoms with van der Waals surface area (Å²) in [5.74, 6) is 1.68. The molecule has 0 amide bonds. The van der Waals surface area contributed by atoms with E-state index in [0.29, 0.717) is 17.3 Å². The fourth-order valence-corrected chi connectivity index (χ4v) is 3.49. The van der Waals surface area contributed by atoms with E-state index < -0.39 is 5.54 Å². The number of benzene rings is 1. The molecule has 7 nitrogen and oxygen atoms in total. The lowest BCUT2D eigenvalue weighted by Crippen LogP contribution is -2.31. The summed E-state index contributed by atoms with van der Waals surface area (Å²) in [7, 11) is 0. The van der Waals surface area contributed by atoms with Crippen molar-refractivity contribution < 1.29 is 9.47 Å². The van der Waals surface area contributed by atoms with Crippen LogP contribution in [0.3, 0.4) is 0 Å². The lowest BCUT2D eigenvalue weighted by molar-refractivity contribution is 0.264. The van der Waals surface area contributed by atoms with Gasteiger partial charge in [-0.05, 0) is 29.8 Å². The van der Waals surface area contributed by atoms with Crippen LogP contribution in [-0.4, -0.2) is 22.6 Å². The van der Waals surface area contributed by atoms with Crippen LogP contribution in [0.4, 0.5) is 5.82 Å². The molecule has 4 heterocycles. The molecule has 7 heteroatoms. The molecule has 0 bridgehead atoms. The van der Waals surface area contributed by atoms with Gasteiger partial charge in [0.25, 0.3) is 6.02 Å². The second-order valence-corrected chi connectivity index (χ2v) is 6.26. The van der Waals surface area contributed by atoms with Crippen LogP contribution in [-0.2, 0) is 10.3 Å². The van der Waals surface area contributed by atoms with Gasteiger partial charge in [-0.3, -0.25) is 4.98 Å². The van der Waals surface area contributed by atoms with Gasteiger partial charge in [-0.25, -0.2) is 9.98 Å². The molecule has 2 aliphatic heterocycles. The smallest absolute Gasteiger partial charge is 0.283 e. The van der Waals surface area contributed by atoms with Crippen LogP contribution in [0, 0.1) is 0 Å². The average molecular weight is 345 g/mol. The second-order valence-electron chi connectivity index (χ2n) is 6.26. The van der Waals surface area contributed by atoms with Gasteiger partial charge in [-0.1, -0.05) is 12.1 Å². The number of aromatic nitrogens is 2. The molecule has 0 radical (unpaired) electrons. The van der Waals surface area contributed by atoms with Gasteiger partial charge in [0.05, 0.1) is 6.20 Å². The molecule has 0 saturated carbocycles. The van der Waals surface area contributed by atoms with Gasteiger partial charge >= 0.3 is 0 Å². The van der Waals surface area contributed by atoms with Crippen molar-refractivity contribution in [3.05, 3.63) is 66.1 Å². The number of hydrogen-bond acceptors (Lipinski definition) is 7. The molecule has 0 fully saturated rings. The predicted molar refractivity (Wildman–Crippen MR) is 96.8 cm³/mol. The maximum atomic E-state index is 6.05. The molecule has 26 heavy (non-hydrogen) atoms. The van der Waals surface area contributed by atoms with E-state index in [0.717, 1.165) is 22.3 Å². The second kappa shape index (κ2) is 5.19. The zero-order chi connectivity index (χ0) is 17.7. The van der Waals surface area contributed by atoms with Crippen LogP contribution in [0.25, 0.3) is 11.1 Å². The van der Waals surface area contributed by atoms with Gasteiger partial charge in [0, 0.05) is 29.1 Å². The monoisotopic (exact) mass is 345 g/mol. The van der Waals surface area contributed by atoms with Crippen LogP contribution in [0.1, 0.15) is 11.1 Å². The molecule has 1 aromatic carbocycles. The molecule has 0 unspecified atom stereocenters. The summed E-state index contributed by atoms with van der Waals surface area (Å²) in [5.41, 5.74) is 14.7. The summed E-state index contributed by atoms with van der Waals surface area (Å²) in [6, 6.07) is 11.8. The minimum absolute atomic E-state index is 0.144. The number of rotatable bonds is 1. The Kier molecular flexibility index (Phi) is 2.94. The first kappa shape index (κ1) is 14.7. The topological polar surface area (TPSA) is 109 Å². The molecule has 3 aromatic rings. The Morgan fingerprint density at radius 2 is 1.85 bits per heavy atom. The number of nitrogens with zero attached hydrogens (tertiary/aromatic N) is 3. The Labute approximate surface area is 149 Å². The number of nitrogen functional groups attached to an aromatic ring is 1. The summed E-state index contributed by atoms with van der Waals surface area (Å²) in [5, 5.41) is 0. The molecule has 0 aliphatic carbocycles. The SMILES string of the molecule is NC1=N[C@@]2(CO1)c1cc(-c3cccnc3)ccc1Oc1cnc(N)cc12. The van der Waals surface area contributed by atoms with Crippen LogP contribution >= 0.6 is 0 Å². The lowest BCUT2D eigenvalue weighted by Gasteiger charge is -2.33. The zero-order valence-corrected chi connectivity index (χ0v) is 13.7. The molecule has 1 spiro atoms. The maximum absolute atomic E-state index is 6.05. The van der Waals surface area contributed by atoms with E-state index in [-0.39, 0.29) is 12.6 Å². The van der Waals surface area contributed by atoms with Crippen molar-refractivity contribution in [2.75, 3.05) is 12.3 Å². The van der Waals surface area contributed by atoms with Gasteiger partial charge < -0.3 is 20.9 Å². The van der Waals surface area contributed by atoms with Crippen molar-refractivity contribution in [3.8, 4) is 22.6 Å². The molecular weight excluding hydrogens is 330 g/mol. The van der Waals surface area contributed by atoms with E-state index in [9.17, 15) is 0 Å². The number of hydrogen-bond donors (Lipinski definition) is 2. The predicted octanol–water partition coefficient (Wildman–Crippen LogP) is 2.42. The fourth-order valence-electron chi connectivity index (χ4n) is 3.49. The Balaban J connectivity index is 1.76. The van der Waals surface area contributed by atoms with Gasteiger partial charge in [0.15, 0.2) is 11.3 Å². The van der Waals surface area contributed by atoms with Crippen molar-refractivity contribution in [2.24, 2.45) is 10.7 Å². The molecule has 1 atom stereocenters. The first-order valence-electron chi connectivity index (χ1n) is 8.13. The fraction of sp³-hybridized carbons (Fsp3) is 0.105. The van der Waals surface area contributed by atoms with Crippen molar-refractivity contribution >= 4 is 11.8 Å². The summed E-state index contributed by atoms with van der Waals surface area (Å²) >= 11 is 0. The summed E-state index contributed by atoms with van der Waals surface area (Å²) < 4.78 is 11.6. The van der Waals surface area contributed by atoms with Crippen LogP contribution in [0.5, 0.6) is 11.5 Å². The largest absolute Gasteiger partial charge is 0.462 e. The number of aliphatic imine (C=N–C) groups is 1. The molecule has 2 aromatic heterocycles. The summed E-state index contributed by atoms with van der Waals surface area (Å²) in [6.07, 6.45) is 5.17. The van der Waals surface area contributed by atoms with Crippen molar-refractivity contribution in [1.29, 1.82) is 0 Å². The maximum Gasteiger partial charge on any atom is 0.283 e. The number of anilines is 1. The van der Waals surface area contributed by atoms with E-state index in [1.165, 1.54) is 0 Å². The van der Waals surface area contributed by atoms with Gasteiger partial charge in [-0.2, -0.15) is 0 Å². The Hall–Kier alpha value is -3.61. The Morgan fingerprint density at radius 3 is 2.62 bits per heavy atom. The third kappa shape index (κ3) is 2.03. The standard InChI is InChI=1S/C19H15N5O2/c20-17-7-14-16(9-23-17)26-15-4-3-11(12-2-1-5-22-8-12)6-13(15)19(14)10-25-18(21)24-19/h1-9H,10H2,(H2,20,23)(H2,21,24)/t19-/m0/s1. The third-order valence-corrected chi connectivity index (χ3v) is 4.70. The first-order chi connectivity index (χ1) is 12.7. The highest BCUT2D eigenvalue weighted by Crippen LogP contribution is 2.51. The number of pyridine rings is 2. The van der Waals surface area contributed by atoms with Gasteiger partial charge in [0.2, 0.25) is 0 Å². The molecule has 5 rings (SSSR count). The van der Waals surface area contributed by atoms with E-state index in [1.54, 1.807) is 18.5 Å². The van der Waals surface area contributed by atoms with Crippen LogP contribution < -0.4 is 16.2 Å². The molecule has 4 N–H and O–H groups in total. The van der Waals surface area contributed by atoms with E-state index in [1.807, 2.05) is 36.5 Å². The molecule has 2 aliphatic rings. The Morgan fingerprint density at radius 1 is 0.962 bits per heavy atom. The molecule has 0 saturated heterocycles. The van der Waals surface area contributed by atoms with Gasteiger partial charge in [0.1, 0.15) is 18.2 Å². The molecule has 128 valence electrons. The summed E-state index contributed by atoms with van der Waals surface area (Å²) in [4.78, 5) is 13.0. The quantitative estimate of drug-likeness (QED) is 0.701. The number of ether oxygens (including phenoxy) is 2. The number of nitrogens with two attached hydrogens (primary N) is 2. The average Bonchev–Trinajstić information content (AvgIpc) is 3.06. The highest BCUT2D eigenvalue weighted by Gasteiger charge is 2.47. The van der Waals surface area contributed by atoms with Crippen molar-refractivity contribution in [3.63, 3.8) is 0 Å². The Bertz CT molecular complexity index is 1050. The van der Waals surface area contributed by atoms with Crippen molar-refractivity contribution in [1.82, 2.24) is 9.97 Å². The number of amidine groups is 1. The number of fused-ring (bicyclic) bond motifs is 4. The zero-order valence-electron chi connectivity index (χ0n) is 13.7. The van der Waals surface area contributed by atoms with E-state index in [4.69, 9.17) is 20.9 Å². The normalized spacial score (nSPS) is 19.9. The van der Waals surface area contributed by atoms with E-state index >= 15 is 0 Å². The third-order valence-electron chi connectivity index (χ3n) is 4.70.